The Bertz CT molecular complexity index is 483. The monoisotopic (exact) mass is 315 g/mol. The van der Waals surface area contributed by atoms with Gasteiger partial charge in [-0.25, -0.2) is 0 Å². The van der Waals surface area contributed by atoms with E-state index in [1.54, 1.807) is 26.4 Å². The molecule has 3 N–H and O–H groups in total. The fraction of sp³-hybridized carbons (Fsp3) is 0.500. The van der Waals surface area contributed by atoms with Crippen molar-refractivity contribution in [1.29, 1.82) is 0 Å². The third-order valence-corrected chi connectivity index (χ3v) is 3.46. The van der Waals surface area contributed by atoms with Gasteiger partial charge < -0.3 is 25.3 Å². The molecule has 0 aromatic heterocycles. The second kappa shape index (κ2) is 8.71. The minimum Gasteiger partial charge on any atom is -0.409 e. The maximum absolute atomic E-state index is 8.73. The highest BCUT2D eigenvalue weighted by atomic mass is 35.5. The van der Waals surface area contributed by atoms with E-state index >= 15 is 0 Å². The zero-order chi connectivity index (χ0) is 15.8. The molecule has 0 bridgehead atoms. The van der Waals surface area contributed by atoms with Gasteiger partial charge in [0.05, 0.1) is 18.2 Å². The number of nitrogens with zero attached hydrogens (tertiary/aromatic N) is 2. The molecule has 0 heterocycles. The minimum atomic E-state index is -0.0140. The Balaban J connectivity index is 3.04. The van der Waals surface area contributed by atoms with E-state index in [1.807, 2.05) is 6.07 Å². The zero-order valence-electron chi connectivity index (χ0n) is 12.5. The first kappa shape index (κ1) is 17.6. The number of ether oxygens (including phenoxy) is 2. The Morgan fingerprint density at radius 1 is 1.43 bits per heavy atom. The summed E-state index contributed by atoms with van der Waals surface area (Å²) in [4.78, 5) is 2.13. The number of oxime groups is 1. The molecule has 0 aliphatic carbocycles. The standard InChI is InChI=1S/C14H22ClN3O3/c1-10(9-21-3)18(6-7-20-2)11-4-5-12(13(15)8-11)14(16)17-19/h4-5,8,10,19H,6-7,9H2,1-3H3,(H2,16,17). The summed E-state index contributed by atoms with van der Waals surface area (Å²) in [5.41, 5.74) is 6.99. The lowest BCUT2D eigenvalue weighted by atomic mass is 10.1. The van der Waals surface area contributed by atoms with E-state index in [0.29, 0.717) is 30.3 Å². The van der Waals surface area contributed by atoms with Crippen LogP contribution in [-0.4, -0.2) is 51.1 Å². The second-order valence-electron chi connectivity index (χ2n) is 4.64. The van der Waals surface area contributed by atoms with Crippen molar-refractivity contribution >= 4 is 23.1 Å². The van der Waals surface area contributed by atoms with Crippen LogP contribution in [-0.2, 0) is 9.47 Å². The highest BCUT2D eigenvalue weighted by Crippen LogP contribution is 2.25. The van der Waals surface area contributed by atoms with Gasteiger partial charge in [0.15, 0.2) is 5.84 Å². The molecule has 118 valence electrons. The SMILES string of the molecule is COCCN(c1ccc(C(N)=NO)c(Cl)c1)C(C)COC. The smallest absolute Gasteiger partial charge is 0.171 e. The molecule has 21 heavy (non-hydrogen) atoms. The molecule has 0 radical (unpaired) electrons. The van der Waals surface area contributed by atoms with Gasteiger partial charge in [-0.2, -0.15) is 0 Å². The number of amidine groups is 1. The average molecular weight is 316 g/mol. The Labute approximate surface area is 130 Å². The van der Waals surface area contributed by atoms with Crippen molar-refractivity contribution in [2.45, 2.75) is 13.0 Å². The summed E-state index contributed by atoms with van der Waals surface area (Å²) < 4.78 is 10.4. The maximum Gasteiger partial charge on any atom is 0.171 e. The molecular formula is C14H22ClN3O3. The minimum absolute atomic E-state index is 0.0140. The normalized spacial score (nSPS) is 13.2. The second-order valence-corrected chi connectivity index (χ2v) is 5.05. The van der Waals surface area contributed by atoms with Crippen molar-refractivity contribution in [2.75, 3.05) is 38.9 Å². The average Bonchev–Trinajstić information content (AvgIpc) is 2.47. The van der Waals surface area contributed by atoms with Crippen LogP contribution in [0, 0.1) is 0 Å². The van der Waals surface area contributed by atoms with Crippen LogP contribution in [0.5, 0.6) is 0 Å². The predicted octanol–water partition coefficient (Wildman–Crippen LogP) is 1.92. The molecular weight excluding hydrogens is 294 g/mol. The van der Waals surface area contributed by atoms with Gasteiger partial charge in [0.1, 0.15) is 0 Å². The molecule has 0 saturated heterocycles. The van der Waals surface area contributed by atoms with Gasteiger partial charge in [-0.1, -0.05) is 16.8 Å². The number of anilines is 1. The summed E-state index contributed by atoms with van der Waals surface area (Å²) in [7, 11) is 3.33. The lowest BCUT2D eigenvalue weighted by Crippen LogP contribution is -2.38. The molecule has 0 fully saturated rings. The van der Waals surface area contributed by atoms with Crippen molar-refractivity contribution in [3.05, 3.63) is 28.8 Å². The van der Waals surface area contributed by atoms with Gasteiger partial charge >= 0.3 is 0 Å². The molecule has 0 spiro atoms. The molecule has 6 nitrogen and oxygen atoms in total. The third kappa shape index (κ3) is 4.77. The highest BCUT2D eigenvalue weighted by molar-refractivity contribution is 6.34. The first-order valence-corrected chi connectivity index (χ1v) is 6.94. The van der Waals surface area contributed by atoms with Gasteiger partial charge in [-0.05, 0) is 25.1 Å². The van der Waals surface area contributed by atoms with E-state index in [2.05, 4.69) is 17.0 Å². The van der Waals surface area contributed by atoms with E-state index in [0.717, 1.165) is 5.69 Å². The molecule has 1 aromatic carbocycles. The van der Waals surface area contributed by atoms with Gasteiger partial charge in [0.2, 0.25) is 0 Å². The quantitative estimate of drug-likeness (QED) is 0.331. The molecule has 1 atom stereocenters. The van der Waals surface area contributed by atoms with Crippen molar-refractivity contribution in [2.24, 2.45) is 10.9 Å². The summed E-state index contributed by atoms with van der Waals surface area (Å²) >= 11 is 6.20. The number of halogens is 1. The summed E-state index contributed by atoms with van der Waals surface area (Å²) in [5.74, 6) is -0.0140. The van der Waals surface area contributed by atoms with Crippen LogP contribution in [0.15, 0.2) is 23.4 Å². The van der Waals surface area contributed by atoms with E-state index < -0.39 is 0 Å². The summed E-state index contributed by atoms with van der Waals surface area (Å²) in [6, 6.07) is 5.56. The predicted molar refractivity (Wildman–Crippen MR) is 84.5 cm³/mol. The third-order valence-electron chi connectivity index (χ3n) is 3.14. The van der Waals surface area contributed by atoms with E-state index in [-0.39, 0.29) is 11.9 Å². The number of hydrogen-bond donors (Lipinski definition) is 2. The molecule has 0 amide bonds. The Morgan fingerprint density at radius 3 is 2.67 bits per heavy atom. The number of rotatable bonds is 8. The van der Waals surface area contributed by atoms with Gasteiger partial charge in [0, 0.05) is 38.1 Å². The summed E-state index contributed by atoms with van der Waals surface area (Å²) in [6.45, 7) is 3.95. The van der Waals surface area contributed by atoms with Gasteiger partial charge in [-0.15, -0.1) is 0 Å². The number of benzene rings is 1. The fourth-order valence-corrected chi connectivity index (χ4v) is 2.34. The van der Waals surface area contributed by atoms with Crippen LogP contribution in [0.1, 0.15) is 12.5 Å². The van der Waals surface area contributed by atoms with Crippen LogP contribution in [0.3, 0.4) is 0 Å². The molecule has 1 unspecified atom stereocenters. The first-order chi connectivity index (χ1) is 10.0. The fourth-order valence-electron chi connectivity index (χ4n) is 2.07. The first-order valence-electron chi connectivity index (χ1n) is 6.57. The number of hydrogen-bond acceptors (Lipinski definition) is 5. The molecule has 0 aliphatic heterocycles. The Hall–Kier alpha value is -1.50. The van der Waals surface area contributed by atoms with Crippen LogP contribution in [0.2, 0.25) is 5.02 Å². The Morgan fingerprint density at radius 2 is 2.14 bits per heavy atom. The number of nitrogens with two attached hydrogens (primary N) is 1. The molecule has 0 aliphatic rings. The van der Waals surface area contributed by atoms with Crippen LogP contribution < -0.4 is 10.6 Å². The maximum atomic E-state index is 8.73. The number of methoxy groups -OCH3 is 2. The van der Waals surface area contributed by atoms with Crippen LogP contribution in [0.25, 0.3) is 0 Å². The zero-order valence-corrected chi connectivity index (χ0v) is 13.3. The molecule has 1 rings (SSSR count). The van der Waals surface area contributed by atoms with Crippen molar-refractivity contribution in [3.63, 3.8) is 0 Å². The topological polar surface area (TPSA) is 80.3 Å². The van der Waals surface area contributed by atoms with Crippen LogP contribution >= 0.6 is 11.6 Å². The molecule has 1 aromatic rings. The Kier molecular flexibility index (Phi) is 7.28. The summed E-state index contributed by atoms with van der Waals surface area (Å²) in [6.07, 6.45) is 0. The lowest BCUT2D eigenvalue weighted by Gasteiger charge is -2.31. The van der Waals surface area contributed by atoms with E-state index in [4.69, 9.17) is 32.0 Å². The van der Waals surface area contributed by atoms with E-state index in [9.17, 15) is 0 Å². The van der Waals surface area contributed by atoms with Crippen molar-refractivity contribution < 1.29 is 14.7 Å². The van der Waals surface area contributed by atoms with Gasteiger partial charge in [-0.3, -0.25) is 0 Å². The van der Waals surface area contributed by atoms with E-state index in [1.165, 1.54) is 0 Å². The largest absolute Gasteiger partial charge is 0.409 e. The highest BCUT2D eigenvalue weighted by Gasteiger charge is 2.16. The van der Waals surface area contributed by atoms with Crippen molar-refractivity contribution in [3.8, 4) is 0 Å². The molecule has 0 saturated carbocycles. The lowest BCUT2D eigenvalue weighted by molar-refractivity contribution is 0.171. The van der Waals surface area contributed by atoms with Crippen LogP contribution in [0.4, 0.5) is 5.69 Å². The van der Waals surface area contributed by atoms with Gasteiger partial charge in [0.25, 0.3) is 0 Å². The summed E-state index contributed by atoms with van der Waals surface area (Å²) in [5, 5.41) is 12.1. The molecule has 7 heteroatoms. The van der Waals surface area contributed by atoms with Crippen molar-refractivity contribution in [1.82, 2.24) is 0 Å².